The first-order valence-corrected chi connectivity index (χ1v) is 5.53. The Balaban J connectivity index is 3.22. The van der Waals surface area contributed by atoms with Crippen molar-refractivity contribution in [2.75, 3.05) is 0 Å². The molecule has 0 radical (unpaired) electrons. The van der Waals surface area contributed by atoms with Gasteiger partial charge in [0.1, 0.15) is 0 Å². The van der Waals surface area contributed by atoms with Crippen LogP contribution in [-0.4, -0.2) is 11.3 Å². The standard InChI is InChI=1S/C13H17F3O/c1-9(2)8-10-6-4-5-7-11(10)12(3,17)13(14,15)16/h4-7,9,17H,8H2,1-3H3. The minimum atomic E-state index is -4.67. The van der Waals surface area contributed by atoms with Gasteiger partial charge in [0.2, 0.25) is 0 Å². The minimum absolute atomic E-state index is 0.0544. The summed E-state index contributed by atoms with van der Waals surface area (Å²) in [6.45, 7) is 4.66. The van der Waals surface area contributed by atoms with Gasteiger partial charge in [-0.2, -0.15) is 13.2 Å². The van der Waals surface area contributed by atoms with Gasteiger partial charge in [0, 0.05) is 0 Å². The smallest absolute Gasteiger partial charge is 0.376 e. The summed E-state index contributed by atoms with van der Waals surface area (Å²) in [5, 5.41) is 9.69. The molecule has 0 amide bonds. The second-order valence-corrected chi connectivity index (χ2v) is 4.83. The highest BCUT2D eigenvalue weighted by Gasteiger charge is 2.51. The molecule has 96 valence electrons. The lowest BCUT2D eigenvalue weighted by molar-refractivity contribution is -0.259. The quantitative estimate of drug-likeness (QED) is 0.863. The van der Waals surface area contributed by atoms with Gasteiger partial charge in [0.05, 0.1) is 0 Å². The average molecular weight is 246 g/mol. The summed E-state index contributed by atoms with van der Waals surface area (Å²) in [6, 6.07) is 6.17. The maximum atomic E-state index is 12.8. The molecule has 1 rings (SSSR count). The Labute approximate surface area is 99.3 Å². The van der Waals surface area contributed by atoms with E-state index in [0.29, 0.717) is 12.0 Å². The molecule has 0 aliphatic heterocycles. The first kappa shape index (κ1) is 14.0. The number of halogens is 3. The molecule has 1 nitrogen and oxygen atoms in total. The van der Waals surface area contributed by atoms with Crippen molar-refractivity contribution in [1.29, 1.82) is 0 Å². The Morgan fingerprint density at radius 1 is 1.18 bits per heavy atom. The van der Waals surface area contributed by atoms with Gasteiger partial charge < -0.3 is 5.11 Å². The van der Waals surface area contributed by atoms with E-state index in [2.05, 4.69) is 0 Å². The third-order valence-electron chi connectivity index (χ3n) is 2.72. The lowest BCUT2D eigenvalue weighted by atomic mass is 9.87. The van der Waals surface area contributed by atoms with E-state index in [1.54, 1.807) is 12.1 Å². The van der Waals surface area contributed by atoms with Crippen LogP contribution in [0.15, 0.2) is 24.3 Å². The predicted molar refractivity (Wildman–Crippen MR) is 60.6 cm³/mol. The fourth-order valence-corrected chi connectivity index (χ4v) is 1.77. The molecule has 0 heterocycles. The number of hydrogen-bond donors (Lipinski definition) is 1. The van der Waals surface area contributed by atoms with Gasteiger partial charge in [-0.1, -0.05) is 38.1 Å². The van der Waals surface area contributed by atoms with Crippen molar-refractivity contribution in [3.8, 4) is 0 Å². The Bertz CT molecular complexity index is 380. The molecule has 17 heavy (non-hydrogen) atoms. The summed E-state index contributed by atoms with van der Waals surface area (Å²) in [6.07, 6.45) is -4.15. The third-order valence-corrected chi connectivity index (χ3v) is 2.72. The molecule has 0 aromatic heterocycles. The molecular formula is C13H17F3O. The first-order valence-electron chi connectivity index (χ1n) is 5.53. The van der Waals surface area contributed by atoms with Crippen molar-refractivity contribution in [3.05, 3.63) is 35.4 Å². The number of aliphatic hydroxyl groups is 1. The average Bonchev–Trinajstić information content (AvgIpc) is 2.15. The zero-order valence-electron chi connectivity index (χ0n) is 10.2. The largest absolute Gasteiger partial charge is 0.421 e. The van der Waals surface area contributed by atoms with Crippen LogP contribution in [0.3, 0.4) is 0 Å². The van der Waals surface area contributed by atoms with Crippen LogP contribution < -0.4 is 0 Å². The molecule has 1 N–H and O–H groups in total. The lowest BCUT2D eigenvalue weighted by Gasteiger charge is -2.29. The van der Waals surface area contributed by atoms with Gasteiger partial charge in [0.15, 0.2) is 5.60 Å². The Hall–Kier alpha value is -1.03. The molecule has 0 aliphatic rings. The summed E-state index contributed by atoms with van der Waals surface area (Å²) >= 11 is 0. The van der Waals surface area contributed by atoms with Gasteiger partial charge in [-0.15, -0.1) is 0 Å². The van der Waals surface area contributed by atoms with E-state index in [1.165, 1.54) is 12.1 Å². The van der Waals surface area contributed by atoms with E-state index in [9.17, 15) is 18.3 Å². The van der Waals surface area contributed by atoms with Crippen LogP contribution in [0.25, 0.3) is 0 Å². The van der Waals surface area contributed by atoms with Gasteiger partial charge in [-0.05, 0) is 30.4 Å². The highest BCUT2D eigenvalue weighted by molar-refractivity contribution is 5.33. The Kier molecular flexibility index (Phi) is 3.87. The van der Waals surface area contributed by atoms with Crippen molar-refractivity contribution >= 4 is 0 Å². The van der Waals surface area contributed by atoms with Crippen LogP contribution in [0.2, 0.25) is 0 Å². The SMILES string of the molecule is CC(C)Cc1ccccc1C(C)(O)C(F)(F)F. The summed E-state index contributed by atoms with van der Waals surface area (Å²) in [4.78, 5) is 0. The molecule has 0 bridgehead atoms. The summed E-state index contributed by atoms with van der Waals surface area (Å²) in [5.74, 6) is 0.236. The zero-order valence-corrected chi connectivity index (χ0v) is 10.2. The van der Waals surface area contributed by atoms with Crippen molar-refractivity contribution in [1.82, 2.24) is 0 Å². The van der Waals surface area contributed by atoms with Gasteiger partial charge >= 0.3 is 6.18 Å². The van der Waals surface area contributed by atoms with E-state index < -0.39 is 11.8 Å². The van der Waals surface area contributed by atoms with Crippen LogP contribution in [0, 0.1) is 5.92 Å². The van der Waals surface area contributed by atoms with Crippen LogP contribution >= 0.6 is 0 Å². The Morgan fingerprint density at radius 3 is 2.18 bits per heavy atom. The Morgan fingerprint density at radius 2 is 1.71 bits per heavy atom. The van der Waals surface area contributed by atoms with Gasteiger partial charge in [0.25, 0.3) is 0 Å². The number of benzene rings is 1. The molecule has 1 aromatic rings. The minimum Gasteiger partial charge on any atom is -0.376 e. The monoisotopic (exact) mass is 246 g/mol. The maximum Gasteiger partial charge on any atom is 0.421 e. The molecule has 1 unspecified atom stereocenters. The van der Waals surface area contributed by atoms with Crippen molar-refractivity contribution in [3.63, 3.8) is 0 Å². The van der Waals surface area contributed by atoms with Crippen molar-refractivity contribution in [2.45, 2.75) is 39.0 Å². The van der Waals surface area contributed by atoms with Crippen molar-refractivity contribution < 1.29 is 18.3 Å². The molecule has 1 aromatic carbocycles. The summed E-state index contributed by atoms with van der Waals surface area (Å²) in [7, 11) is 0. The van der Waals surface area contributed by atoms with Crippen molar-refractivity contribution in [2.24, 2.45) is 5.92 Å². The van der Waals surface area contributed by atoms with Crippen LogP contribution in [0.5, 0.6) is 0 Å². The first-order chi connectivity index (χ1) is 7.66. The van der Waals surface area contributed by atoms with E-state index in [4.69, 9.17) is 0 Å². The molecule has 0 spiro atoms. The number of alkyl halides is 3. The van der Waals surface area contributed by atoms with E-state index in [1.807, 2.05) is 13.8 Å². The normalized spacial score (nSPS) is 16.0. The van der Waals surface area contributed by atoms with E-state index in [-0.39, 0.29) is 11.5 Å². The fourth-order valence-electron chi connectivity index (χ4n) is 1.77. The van der Waals surface area contributed by atoms with Crippen LogP contribution in [-0.2, 0) is 12.0 Å². The second kappa shape index (κ2) is 4.69. The second-order valence-electron chi connectivity index (χ2n) is 4.83. The summed E-state index contributed by atoms with van der Waals surface area (Å²) < 4.78 is 38.4. The predicted octanol–water partition coefficient (Wildman–Crippen LogP) is 3.65. The van der Waals surface area contributed by atoms with Gasteiger partial charge in [-0.25, -0.2) is 0 Å². The van der Waals surface area contributed by atoms with E-state index >= 15 is 0 Å². The molecule has 4 heteroatoms. The third kappa shape index (κ3) is 3.00. The highest BCUT2D eigenvalue weighted by Crippen LogP contribution is 2.40. The fraction of sp³-hybridized carbons (Fsp3) is 0.538. The topological polar surface area (TPSA) is 20.2 Å². The number of hydrogen-bond acceptors (Lipinski definition) is 1. The molecule has 0 fully saturated rings. The van der Waals surface area contributed by atoms with Gasteiger partial charge in [-0.3, -0.25) is 0 Å². The summed E-state index contributed by atoms with van der Waals surface area (Å²) in [5.41, 5.74) is -2.30. The maximum absolute atomic E-state index is 12.8. The molecular weight excluding hydrogens is 229 g/mol. The molecule has 0 saturated heterocycles. The van der Waals surface area contributed by atoms with Crippen LogP contribution in [0.1, 0.15) is 31.9 Å². The molecule has 0 aliphatic carbocycles. The zero-order chi connectivity index (χ0) is 13.3. The van der Waals surface area contributed by atoms with Crippen LogP contribution in [0.4, 0.5) is 13.2 Å². The highest BCUT2D eigenvalue weighted by atomic mass is 19.4. The lowest BCUT2D eigenvalue weighted by Crippen LogP contribution is -2.40. The number of rotatable bonds is 3. The van der Waals surface area contributed by atoms with E-state index in [0.717, 1.165) is 6.92 Å². The molecule has 1 atom stereocenters. The molecule has 0 saturated carbocycles.